The minimum absolute atomic E-state index is 0.239. The van der Waals surface area contributed by atoms with Gasteiger partial charge in [-0.2, -0.15) is 0 Å². The smallest absolute Gasteiger partial charge is 0.310 e. The predicted octanol–water partition coefficient (Wildman–Crippen LogP) is 0.939. The lowest BCUT2D eigenvalue weighted by Crippen LogP contribution is -2.02. The Bertz CT molecular complexity index is 90.4. The first-order valence-electron chi connectivity index (χ1n) is 2.40. The van der Waals surface area contributed by atoms with Crippen LogP contribution in [0.5, 0.6) is 0 Å². The predicted molar refractivity (Wildman–Crippen MR) is 34.9 cm³/mol. The maximum Gasteiger partial charge on any atom is 0.310 e. The molecule has 0 atom stereocenters. The molecule has 0 aromatic rings. The third-order valence-corrected chi connectivity index (χ3v) is 0.722. The van der Waals surface area contributed by atoms with Gasteiger partial charge in [0.2, 0.25) is 0 Å². The van der Waals surface area contributed by atoms with E-state index in [1.54, 1.807) is 6.92 Å². The van der Waals surface area contributed by atoms with E-state index in [4.69, 9.17) is 0 Å². The van der Waals surface area contributed by atoms with Gasteiger partial charge in [-0.3, -0.25) is 4.79 Å². The summed E-state index contributed by atoms with van der Waals surface area (Å²) in [5.41, 5.74) is 0. The van der Waals surface area contributed by atoms with Crippen molar-refractivity contribution in [3.8, 4) is 0 Å². The molecule has 0 rings (SSSR count). The highest BCUT2D eigenvalue weighted by atomic mass is 32.1. The van der Waals surface area contributed by atoms with Gasteiger partial charge in [-0.25, -0.2) is 0 Å². The number of esters is 1. The Morgan fingerprint density at radius 1 is 1.88 bits per heavy atom. The normalized spacial score (nSPS) is 8.12. The summed E-state index contributed by atoms with van der Waals surface area (Å²) in [5, 5.41) is 1.36. The molecule has 8 heavy (non-hydrogen) atoms. The molecule has 0 bridgehead atoms. The van der Waals surface area contributed by atoms with E-state index in [-0.39, 0.29) is 12.4 Å². The first kappa shape index (κ1) is 7.56. The van der Waals surface area contributed by atoms with Crippen LogP contribution >= 0.6 is 12.2 Å². The fraction of sp³-hybridized carbons (Fsp3) is 0.600. The number of hydrogen-bond acceptors (Lipinski definition) is 3. The van der Waals surface area contributed by atoms with Gasteiger partial charge < -0.3 is 4.74 Å². The van der Waals surface area contributed by atoms with Crippen LogP contribution in [0.2, 0.25) is 0 Å². The monoisotopic (exact) mass is 132 g/mol. The van der Waals surface area contributed by atoms with E-state index >= 15 is 0 Å². The number of hydrogen-bond donors (Lipinski definition) is 0. The standard InChI is InChI=1S/C5H8O2S/c1-2-7-5(6)3-4-8/h4H,2-3H2,1H3. The van der Waals surface area contributed by atoms with Gasteiger partial charge in [-0.15, -0.1) is 0 Å². The van der Waals surface area contributed by atoms with E-state index in [9.17, 15) is 4.79 Å². The molecule has 0 saturated heterocycles. The molecule has 0 aliphatic heterocycles. The van der Waals surface area contributed by atoms with Crippen molar-refractivity contribution < 1.29 is 9.53 Å². The zero-order valence-electron chi connectivity index (χ0n) is 4.72. The van der Waals surface area contributed by atoms with Gasteiger partial charge in [0.15, 0.2) is 0 Å². The average molecular weight is 132 g/mol. The summed E-state index contributed by atoms with van der Waals surface area (Å²) in [6.07, 6.45) is 0.239. The van der Waals surface area contributed by atoms with Gasteiger partial charge in [-0.05, 0) is 12.3 Å². The first-order chi connectivity index (χ1) is 3.81. The quantitative estimate of drug-likeness (QED) is 0.422. The van der Waals surface area contributed by atoms with Gasteiger partial charge in [0, 0.05) is 0 Å². The van der Waals surface area contributed by atoms with Crippen LogP contribution in [-0.2, 0) is 9.53 Å². The fourth-order valence-electron chi connectivity index (χ4n) is 0.288. The highest BCUT2D eigenvalue weighted by Gasteiger charge is 1.94. The number of thiocarbonyl (C=S) groups is 1. The van der Waals surface area contributed by atoms with Crippen LogP contribution in [0.4, 0.5) is 0 Å². The maximum absolute atomic E-state index is 10.3. The summed E-state index contributed by atoms with van der Waals surface area (Å²) in [5.74, 6) is -0.248. The molecule has 0 unspecified atom stereocenters. The number of carbonyl (C=O) groups excluding carboxylic acids is 1. The molecular weight excluding hydrogens is 124 g/mol. The molecule has 0 fully saturated rings. The van der Waals surface area contributed by atoms with Crippen LogP contribution in [0.1, 0.15) is 13.3 Å². The summed E-state index contributed by atoms with van der Waals surface area (Å²) in [7, 11) is 0. The Labute approximate surface area is 53.8 Å². The summed E-state index contributed by atoms with van der Waals surface area (Å²) in [6.45, 7) is 2.20. The highest BCUT2D eigenvalue weighted by molar-refractivity contribution is 7.79. The molecule has 0 aromatic heterocycles. The van der Waals surface area contributed by atoms with Crippen molar-refractivity contribution in [1.29, 1.82) is 0 Å². The van der Waals surface area contributed by atoms with Crippen LogP contribution in [0.25, 0.3) is 0 Å². The largest absolute Gasteiger partial charge is 0.466 e. The van der Waals surface area contributed by atoms with Gasteiger partial charge in [-0.1, -0.05) is 12.2 Å². The molecule has 0 aliphatic carbocycles. The SMILES string of the molecule is CCOC(=O)CC=S. The van der Waals surface area contributed by atoms with Crippen molar-refractivity contribution in [2.24, 2.45) is 0 Å². The molecule has 0 spiro atoms. The van der Waals surface area contributed by atoms with Crippen LogP contribution in [0, 0.1) is 0 Å². The number of ether oxygens (including phenoxy) is 1. The Morgan fingerprint density at radius 2 is 2.50 bits per heavy atom. The van der Waals surface area contributed by atoms with Gasteiger partial charge >= 0.3 is 5.97 Å². The zero-order chi connectivity index (χ0) is 6.41. The molecule has 46 valence electrons. The lowest BCUT2D eigenvalue weighted by Gasteiger charge is -1.94. The Balaban J connectivity index is 3.18. The molecule has 0 saturated carbocycles. The van der Waals surface area contributed by atoms with E-state index in [0.29, 0.717) is 6.61 Å². The van der Waals surface area contributed by atoms with E-state index in [1.165, 1.54) is 5.37 Å². The molecule has 0 radical (unpaired) electrons. The molecule has 0 aromatic carbocycles. The Kier molecular flexibility index (Phi) is 4.45. The fourth-order valence-corrected chi connectivity index (χ4v) is 0.424. The van der Waals surface area contributed by atoms with Crippen molar-refractivity contribution in [3.63, 3.8) is 0 Å². The van der Waals surface area contributed by atoms with Crippen molar-refractivity contribution in [2.75, 3.05) is 6.61 Å². The average Bonchev–Trinajstić information content (AvgIpc) is 1.68. The molecule has 0 amide bonds. The van der Waals surface area contributed by atoms with Crippen LogP contribution in [0.15, 0.2) is 0 Å². The van der Waals surface area contributed by atoms with Crippen molar-refractivity contribution in [2.45, 2.75) is 13.3 Å². The highest BCUT2D eigenvalue weighted by Crippen LogP contribution is 1.80. The van der Waals surface area contributed by atoms with Gasteiger partial charge in [0.25, 0.3) is 0 Å². The van der Waals surface area contributed by atoms with Crippen LogP contribution in [-0.4, -0.2) is 17.9 Å². The molecule has 3 heteroatoms. The number of carbonyl (C=O) groups is 1. The second kappa shape index (κ2) is 4.71. The second-order valence-electron chi connectivity index (χ2n) is 1.18. The Hall–Kier alpha value is -0.440. The molecule has 0 aliphatic rings. The Morgan fingerprint density at radius 3 is 2.88 bits per heavy atom. The van der Waals surface area contributed by atoms with E-state index in [2.05, 4.69) is 17.0 Å². The maximum atomic E-state index is 10.3. The van der Waals surface area contributed by atoms with Crippen molar-refractivity contribution >= 4 is 23.6 Å². The van der Waals surface area contributed by atoms with Crippen molar-refractivity contribution in [3.05, 3.63) is 0 Å². The third-order valence-electron chi connectivity index (χ3n) is 0.555. The van der Waals surface area contributed by atoms with Crippen molar-refractivity contribution in [1.82, 2.24) is 0 Å². The summed E-state index contributed by atoms with van der Waals surface area (Å²) in [6, 6.07) is 0. The zero-order valence-corrected chi connectivity index (χ0v) is 5.53. The van der Waals surface area contributed by atoms with E-state index in [1.807, 2.05) is 0 Å². The lowest BCUT2D eigenvalue weighted by molar-refractivity contribution is -0.141. The molecule has 0 heterocycles. The number of rotatable bonds is 3. The third kappa shape index (κ3) is 3.74. The summed E-state index contributed by atoms with van der Waals surface area (Å²) >= 11 is 4.42. The molecule has 2 nitrogen and oxygen atoms in total. The molecular formula is C5H8O2S. The van der Waals surface area contributed by atoms with E-state index in [0.717, 1.165) is 0 Å². The van der Waals surface area contributed by atoms with Crippen LogP contribution < -0.4 is 0 Å². The minimum atomic E-state index is -0.248. The second-order valence-corrected chi connectivity index (χ2v) is 1.51. The van der Waals surface area contributed by atoms with Gasteiger partial charge in [0.05, 0.1) is 13.0 Å². The summed E-state index contributed by atoms with van der Waals surface area (Å²) < 4.78 is 4.55. The lowest BCUT2D eigenvalue weighted by atomic mass is 10.5. The first-order valence-corrected chi connectivity index (χ1v) is 2.87. The van der Waals surface area contributed by atoms with E-state index < -0.39 is 0 Å². The topological polar surface area (TPSA) is 26.3 Å². The van der Waals surface area contributed by atoms with Crippen LogP contribution in [0.3, 0.4) is 0 Å². The summed E-state index contributed by atoms with van der Waals surface area (Å²) in [4.78, 5) is 10.3. The van der Waals surface area contributed by atoms with Gasteiger partial charge in [0.1, 0.15) is 0 Å². The minimum Gasteiger partial charge on any atom is -0.466 e. The molecule has 0 N–H and O–H groups in total.